The van der Waals surface area contributed by atoms with Gasteiger partial charge in [0, 0.05) is 20.1 Å². The fourth-order valence-corrected chi connectivity index (χ4v) is 2.07. The zero-order valence-corrected chi connectivity index (χ0v) is 12.4. The molecule has 0 atom stereocenters. The highest BCUT2D eigenvalue weighted by Gasteiger charge is 2.20. The molecule has 3 N–H and O–H groups in total. The maximum absolute atomic E-state index is 9.96. The molecule has 7 heteroatoms. The first-order chi connectivity index (χ1) is 9.40. The average molecular weight is 278 g/mol. The Bertz CT molecular complexity index is 574. The molecule has 2 aromatic heterocycles. The molecule has 110 valence electrons. The number of aromatic nitrogens is 4. The SMILES string of the molecule is CCCNc1nc(N(C)CC(C)(C)O)c2[nH]cnc2n1. The van der Waals surface area contributed by atoms with E-state index in [1.165, 1.54) is 0 Å². The van der Waals surface area contributed by atoms with Gasteiger partial charge in [-0.1, -0.05) is 6.92 Å². The van der Waals surface area contributed by atoms with Gasteiger partial charge in [0.1, 0.15) is 5.52 Å². The third kappa shape index (κ3) is 3.36. The van der Waals surface area contributed by atoms with Crippen LogP contribution in [0.3, 0.4) is 0 Å². The second-order valence-corrected chi connectivity index (χ2v) is 5.57. The van der Waals surface area contributed by atoms with E-state index in [0.717, 1.165) is 24.3 Å². The molecular formula is C13H22N6O. The molecule has 0 aliphatic rings. The van der Waals surface area contributed by atoms with Gasteiger partial charge in [0.25, 0.3) is 0 Å². The lowest BCUT2D eigenvalue weighted by Crippen LogP contribution is -2.36. The van der Waals surface area contributed by atoms with Crippen LogP contribution in [0.25, 0.3) is 11.2 Å². The predicted molar refractivity (Wildman–Crippen MR) is 80.0 cm³/mol. The van der Waals surface area contributed by atoms with E-state index in [4.69, 9.17) is 0 Å². The van der Waals surface area contributed by atoms with Crippen LogP contribution in [0.2, 0.25) is 0 Å². The minimum Gasteiger partial charge on any atom is -0.389 e. The maximum atomic E-state index is 9.96. The third-order valence-corrected chi connectivity index (χ3v) is 2.79. The highest BCUT2D eigenvalue weighted by Crippen LogP contribution is 2.23. The lowest BCUT2D eigenvalue weighted by atomic mass is 10.1. The molecule has 0 aliphatic carbocycles. The highest BCUT2D eigenvalue weighted by molar-refractivity contribution is 5.84. The standard InChI is InChI=1S/C13H22N6O/c1-5-6-14-12-17-10-9(15-8-16-10)11(18-12)19(4)7-13(2,3)20/h8,20H,5-7H2,1-4H3,(H2,14,15,16,17,18). The Morgan fingerprint density at radius 2 is 2.15 bits per heavy atom. The minimum absolute atomic E-state index is 0.464. The molecule has 0 unspecified atom stereocenters. The average Bonchev–Trinajstić information content (AvgIpc) is 2.81. The molecular weight excluding hydrogens is 256 g/mol. The van der Waals surface area contributed by atoms with E-state index < -0.39 is 5.60 Å². The number of imidazole rings is 1. The summed E-state index contributed by atoms with van der Waals surface area (Å²) in [7, 11) is 1.89. The first-order valence-corrected chi connectivity index (χ1v) is 6.79. The number of hydrogen-bond donors (Lipinski definition) is 3. The van der Waals surface area contributed by atoms with Gasteiger partial charge in [-0.15, -0.1) is 0 Å². The van der Waals surface area contributed by atoms with E-state index in [1.54, 1.807) is 20.2 Å². The van der Waals surface area contributed by atoms with Crippen LogP contribution in [0.15, 0.2) is 6.33 Å². The van der Waals surface area contributed by atoms with Crippen molar-refractivity contribution in [1.82, 2.24) is 19.9 Å². The molecule has 2 rings (SSSR count). The molecule has 0 radical (unpaired) electrons. The summed E-state index contributed by atoms with van der Waals surface area (Å²) in [4.78, 5) is 18.0. The molecule has 7 nitrogen and oxygen atoms in total. The Balaban J connectivity index is 2.36. The number of fused-ring (bicyclic) bond motifs is 1. The largest absolute Gasteiger partial charge is 0.389 e. The fraction of sp³-hybridized carbons (Fsp3) is 0.615. The number of hydrogen-bond acceptors (Lipinski definition) is 6. The summed E-state index contributed by atoms with van der Waals surface area (Å²) in [5.41, 5.74) is 0.596. The summed E-state index contributed by atoms with van der Waals surface area (Å²) in [6, 6.07) is 0. The number of rotatable bonds is 6. The lowest BCUT2D eigenvalue weighted by Gasteiger charge is -2.26. The van der Waals surface area contributed by atoms with Gasteiger partial charge >= 0.3 is 0 Å². The van der Waals surface area contributed by atoms with Gasteiger partial charge < -0.3 is 20.3 Å². The van der Waals surface area contributed by atoms with Crippen molar-refractivity contribution < 1.29 is 5.11 Å². The first kappa shape index (κ1) is 14.5. The summed E-state index contributed by atoms with van der Waals surface area (Å²) in [6.07, 6.45) is 2.60. The highest BCUT2D eigenvalue weighted by atomic mass is 16.3. The van der Waals surface area contributed by atoms with Gasteiger partial charge in [-0.3, -0.25) is 0 Å². The zero-order valence-electron chi connectivity index (χ0n) is 12.4. The third-order valence-electron chi connectivity index (χ3n) is 2.79. The second kappa shape index (κ2) is 5.62. The maximum Gasteiger partial charge on any atom is 0.226 e. The van der Waals surface area contributed by atoms with E-state index in [0.29, 0.717) is 18.1 Å². The minimum atomic E-state index is -0.803. The number of nitrogens with zero attached hydrogens (tertiary/aromatic N) is 4. The quantitative estimate of drug-likeness (QED) is 0.739. The van der Waals surface area contributed by atoms with Gasteiger partial charge in [0.05, 0.1) is 11.9 Å². The van der Waals surface area contributed by atoms with E-state index >= 15 is 0 Å². The monoisotopic (exact) mass is 278 g/mol. The van der Waals surface area contributed by atoms with Crippen LogP contribution in [-0.2, 0) is 0 Å². The number of nitrogens with one attached hydrogen (secondary N) is 2. The van der Waals surface area contributed by atoms with E-state index in [9.17, 15) is 5.11 Å². The van der Waals surface area contributed by atoms with Crippen molar-refractivity contribution in [3.8, 4) is 0 Å². The van der Waals surface area contributed by atoms with Crippen molar-refractivity contribution in [3.63, 3.8) is 0 Å². The number of H-pyrrole nitrogens is 1. The molecule has 0 saturated carbocycles. The van der Waals surface area contributed by atoms with Crippen LogP contribution in [0.5, 0.6) is 0 Å². The normalized spacial score (nSPS) is 11.8. The molecule has 20 heavy (non-hydrogen) atoms. The van der Waals surface area contributed by atoms with Gasteiger partial charge in [-0.25, -0.2) is 4.98 Å². The molecule has 0 saturated heterocycles. The molecule has 2 aromatic rings. The summed E-state index contributed by atoms with van der Waals surface area (Å²) >= 11 is 0. The Kier molecular flexibility index (Phi) is 4.08. The Hall–Kier alpha value is -1.89. The molecule has 0 aliphatic heterocycles. The molecule has 0 fully saturated rings. The molecule has 0 spiro atoms. The van der Waals surface area contributed by atoms with Crippen molar-refractivity contribution in [2.45, 2.75) is 32.8 Å². The predicted octanol–water partition coefficient (Wildman–Crippen LogP) is 1.38. The van der Waals surface area contributed by atoms with Crippen LogP contribution in [0.4, 0.5) is 11.8 Å². The van der Waals surface area contributed by atoms with Crippen LogP contribution in [0.1, 0.15) is 27.2 Å². The van der Waals surface area contributed by atoms with Gasteiger partial charge in [-0.05, 0) is 20.3 Å². The topological polar surface area (TPSA) is 90.0 Å². The van der Waals surface area contributed by atoms with Gasteiger partial charge in [0.2, 0.25) is 5.95 Å². The Morgan fingerprint density at radius 1 is 1.40 bits per heavy atom. The van der Waals surface area contributed by atoms with Gasteiger partial charge in [0.15, 0.2) is 11.5 Å². The van der Waals surface area contributed by atoms with Crippen LogP contribution in [0, 0.1) is 0 Å². The molecule has 2 heterocycles. The number of aliphatic hydroxyl groups is 1. The van der Waals surface area contributed by atoms with Crippen molar-refractivity contribution in [1.29, 1.82) is 0 Å². The Labute approximate surface area is 118 Å². The summed E-state index contributed by atoms with van der Waals surface area (Å²) < 4.78 is 0. The van der Waals surface area contributed by atoms with E-state index in [-0.39, 0.29) is 0 Å². The summed E-state index contributed by atoms with van der Waals surface area (Å²) in [5, 5.41) is 13.1. The number of likely N-dealkylation sites (N-methyl/N-ethyl adjacent to an activating group) is 1. The van der Waals surface area contributed by atoms with Gasteiger partial charge in [-0.2, -0.15) is 9.97 Å². The summed E-state index contributed by atoms with van der Waals surface area (Å²) in [5.74, 6) is 1.29. The smallest absolute Gasteiger partial charge is 0.226 e. The van der Waals surface area contributed by atoms with Crippen LogP contribution >= 0.6 is 0 Å². The van der Waals surface area contributed by atoms with Crippen LogP contribution < -0.4 is 10.2 Å². The van der Waals surface area contributed by atoms with Crippen LogP contribution in [-0.4, -0.2) is 50.8 Å². The van der Waals surface area contributed by atoms with Crippen molar-refractivity contribution in [2.75, 3.05) is 30.4 Å². The van der Waals surface area contributed by atoms with Crippen molar-refractivity contribution >= 4 is 22.9 Å². The van der Waals surface area contributed by atoms with Crippen molar-refractivity contribution in [3.05, 3.63) is 6.33 Å². The number of aromatic amines is 1. The van der Waals surface area contributed by atoms with E-state index in [1.807, 2.05) is 11.9 Å². The molecule has 0 bridgehead atoms. The fourth-order valence-electron chi connectivity index (χ4n) is 2.07. The number of anilines is 2. The van der Waals surface area contributed by atoms with Crippen molar-refractivity contribution in [2.24, 2.45) is 0 Å². The Morgan fingerprint density at radius 3 is 2.80 bits per heavy atom. The second-order valence-electron chi connectivity index (χ2n) is 5.57. The molecule has 0 aromatic carbocycles. The summed E-state index contributed by atoms with van der Waals surface area (Å²) in [6.45, 7) is 6.90. The lowest BCUT2D eigenvalue weighted by molar-refractivity contribution is 0.0885. The zero-order chi connectivity index (χ0) is 14.8. The van der Waals surface area contributed by atoms with E-state index in [2.05, 4.69) is 32.2 Å². The molecule has 0 amide bonds. The first-order valence-electron chi connectivity index (χ1n) is 6.79.